The average Bonchev–Trinajstić information content (AvgIpc) is 2.33. The van der Waals surface area contributed by atoms with Crippen molar-refractivity contribution < 1.29 is 0 Å². The van der Waals surface area contributed by atoms with E-state index in [0.29, 0.717) is 5.29 Å². The molecular formula is C7H7ClN2S. The van der Waals surface area contributed by atoms with E-state index < -0.39 is 0 Å². The molecule has 0 atom stereocenters. The quantitative estimate of drug-likeness (QED) is 0.619. The maximum atomic E-state index is 5.72. The molecular weight excluding hydrogens is 180 g/mol. The number of hydrogen-bond acceptors (Lipinski definition) is 3. The van der Waals surface area contributed by atoms with Crippen molar-refractivity contribution in [2.75, 3.05) is 5.32 Å². The first kappa shape index (κ1) is 7.13. The molecule has 0 radical (unpaired) electrons. The van der Waals surface area contributed by atoms with Gasteiger partial charge < -0.3 is 5.32 Å². The summed E-state index contributed by atoms with van der Waals surface area (Å²) in [5.41, 5.74) is 2.40. The van der Waals surface area contributed by atoms with E-state index in [9.17, 15) is 0 Å². The minimum absolute atomic E-state index is 0.499. The third kappa shape index (κ3) is 1.14. The molecule has 11 heavy (non-hydrogen) atoms. The average molecular weight is 187 g/mol. The molecule has 1 aromatic rings. The summed E-state index contributed by atoms with van der Waals surface area (Å²) in [5.74, 6) is 0. The number of aliphatic imine (C=N–C) groups is 1. The van der Waals surface area contributed by atoms with Gasteiger partial charge in [0.2, 0.25) is 0 Å². The summed E-state index contributed by atoms with van der Waals surface area (Å²) in [6.45, 7) is 2.79. The Kier molecular flexibility index (Phi) is 1.62. The number of halogens is 1. The van der Waals surface area contributed by atoms with Crippen molar-refractivity contribution in [1.82, 2.24) is 0 Å². The molecule has 0 saturated heterocycles. The van der Waals surface area contributed by atoms with Gasteiger partial charge in [0.25, 0.3) is 0 Å². The lowest BCUT2D eigenvalue weighted by molar-refractivity contribution is 1.09. The SMILES string of the molecule is Cc1csc2c1NC(Cl)=NC2. The molecule has 0 aromatic carbocycles. The van der Waals surface area contributed by atoms with E-state index in [1.807, 2.05) is 0 Å². The van der Waals surface area contributed by atoms with Gasteiger partial charge in [-0.3, -0.25) is 4.99 Å². The Bertz CT molecular complexity index is 316. The van der Waals surface area contributed by atoms with Crippen LogP contribution in [0.3, 0.4) is 0 Å². The van der Waals surface area contributed by atoms with Gasteiger partial charge in [-0.2, -0.15) is 0 Å². The smallest absolute Gasteiger partial charge is 0.196 e. The molecule has 0 spiro atoms. The van der Waals surface area contributed by atoms with Gasteiger partial charge in [0.15, 0.2) is 5.29 Å². The second kappa shape index (κ2) is 2.50. The molecule has 0 saturated carbocycles. The summed E-state index contributed by atoms with van der Waals surface area (Å²) in [6.07, 6.45) is 0. The van der Waals surface area contributed by atoms with Crippen molar-refractivity contribution in [3.63, 3.8) is 0 Å². The highest BCUT2D eigenvalue weighted by atomic mass is 35.5. The van der Waals surface area contributed by atoms with Crippen LogP contribution in [0.5, 0.6) is 0 Å². The van der Waals surface area contributed by atoms with Gasteiger partial charge in [-0.1, -0.05) is 0 Å². The molecule has 0 bridgehead atoms. The van der Waals surface area contributed by atoms with Gasteiger partial charge >= 0.3 is 0 Å². The number of anilines is 1. The lowest BCUT2D eigenvalue weighted by Crippen LogP contribution is -2.10. The lowest BCUT2D eigenvalue weighted by Gasteiger charge is -2.10. The summed E-state index contributed by atoms with van der Waals surface area (Å²) in [5, 5.41) is 5.65. The van der Waals surface area contributed by atoms with Crippen molar-refractivity contribution in [3.05, 3.63) is 15.8 Å². The van der Waals surface area contributed by atoms with Gasteiger partial charge in [-0.05, 0) is 29.5 Å². The fraction of sp³-hybridized carbons (Fsp3) is 0.286. The van der Waals surface area contributed by atoms with Gasteiger partial charge in [0, 0.05) is 4.88 Å². The van der Waals surface area contributed by atoms with Crippen LogP contribution in [0.1, 0.15) is 10.4 Å². The Labute approximate surface area is 73.9 Å². The molecule has 58 valence electrons. The molecule has 2 heterocycles. The van der Waals surface area contributed by atoms with E-state index in [2.05, 4.69) is 22.6 Å². The predicted molar refractivity (Wildman–Crippen MR) is 49.7 cm³/mol. The maximum Gasteiger partial charge on any atom is 0.196 e. The maximum absolute atomic E-state index is 5.72. The lowest BCUT2D eigenvalue weighted by atomic mass is 10.2. The fourth-order valence-corrected chi connectivity index (χ4v) is 2.13. The van der Waals surface area contributed by atoms with Crippen LogP contribution in [-0.4, -0.2) is 5.29 Å². The number of fused-ring (bicyclic) bond motifs is 1. The summed E-state index contributed by atoms with van der Waals surface area (Å²) in [7, 11) is 0. The zero-order chi connectivity index (χ0) is 7.84. The van der Waals surface area contributed by atoms with Crippen LogP contribution in [0.4, 0.5) is 5.69 Å². The normalized spacial score (nSPS) is 15.3. The molecule has 4 heteroatoms. The Morgan fingerprint density at radius 3 is 3.36 bits per heavy atom. The number of nitrogens with zero attached hydrogens (tertiary/aromatic N) is 1. The number of rotatable bonds is 0. The number of aryl methyl sites for hydroxylation is 1. The Morgan fingerprint density at radius 2 is 2.55 bits per heavy atom. The van der Waals surface area contributed by atoms with E-state index in [-0.39, 0.29) is 0 Å². The van der Waals surface area contributed by atoms with Crippen LogP contribution in [-0.2, 0) is 6.54 Å². The highest BCUT2D eigenvalue weighted by molar-refractivity contribution is 7.10. The molecule has 0 unspecified atom stereocenters. The minimum atomic E-state index is 0.499. The number of thiophene rings is 1. The van der Waals surface area contributed by atoms with Crippen molar-refractivity contribution >= 4 is 33.9 Å². The Hall–Kier alpha value is -0.540. The van der Waals surface area contributed by atoms with E-state index in [4.69, 9.17) is 11.6 Å². The second-order valence-electron chi connectivity index (χ2n) is 2.45. The Balaban J connectivity index is 2.44. The summed E-state index contributed by atoms with van der Waals surface area (Å²) < 4.78 is 0. The number of nitrogens with one attached hydrogen (secondary N) is 1. The molecule has 2 rings (SSSR count). The highest BCUT2D eigenvalue weighted by Gasteiger charge is 2.13. The van der Waals surface area contributed by atoms with Gasteiger partial charge in [-0.15, -0.1) is 11.3 Å². The zero-order valence-corrected chi connectivity index (χ0v) is 7.59. The fourth-order valence-electron chi connectivity index (χ4n) is 1.07. The molecule has 1 aliphatic heterocycles. The van der Waals surface area contributed by atoms with Gasteiger partial charge in [0.1, 0.15) is 0 Å². The van der Waals surface area contributed by atoms with E-state index >= 15 is 0 Å². The topological polar surface area (TPSA) is 24.4 Å². The number of hydrogen-bond donors (Lipinski definition) is 1. The zero-order valence-electron chi connectivity index (χ0n) is 6.02. The third-order valence-corrected chi connectivity index (χ3v) is 2.94. The monoisotopic (exact) mass is 186 g/mol. The van der Waals surface area contributed by atoms with Crippen LogP contribution >= 0.6 is 22.9 Å². The standard InChI is InChI=1S/C7H7ClN2S/c1-4-3-11-5-2-9-7(8)10-6(4)5/h3H,2H2,1H3,(H,9,10). The van der Waals surface area contributed by atoms with Crippen molar-refractivity contribution in [2.24, 2.45) is 4.99 Å². The van der Waals surface area contributed by atoms with Crippen LogP contribution in [0, 0.1) is 6.92 Å². The summed E-state index contributed by atoms with van der Waals surface area (Å²) in [6, 6.07) is 0. The van der Waals surface area contributed by atoms with E-state index in [1.165, 1.54) is 10.4 Å². The number of amidine groups is 1. The first-order valence-corrected chi connectivity index (χ1v) is 4.57. The highest BCUT2D eigenvalue weighted by Crippen LogP contribution is 2.30. The summed E-state index contributed by atoms with van der Waals surface area (Å²) >= 11 is 7.44. The van der Waals surface area contributed by atoms with Crippen molar-refractivity contribution in [1.29, 1.82) is 0 Å². The van der Waals surface area contributed by atoms with E-state index in [1.54, 1.807) is 11.3 Å². The molecule has 1 N–H and O–H groups in total. The minimum Gasteiger partial charge on any atom is -0.329 e. The van der Waals surface area contributed by atoms with Gasteiger partial charge in [0.05, 0.1) is 12.2 Å². The molecule has 0 aliphatic carbocycles. The molecule has 0 fully saturated rings. The van der Waals surface area contributed by atoms with Crippen LogP contribution in [0.15, 0.2) is 10.4 Å². The first-order chi connectivity index (χ1) is 5.27. The third-order valence-electron chi connectivity index (χ3n) is 1.64. The first-order valence-electron chi connectivity index (χ1n) is 3.31. The largest absolute Gasteiger partial charge is 0.329 e. The van der Waals surface area contributed by atoms with Gasteiger partial charge in [-0.25, -0.2) is 0 Å². The molecule has 2 nitrogen and oxygen atoms in total. The Morgan fingerprint density at radius 1 is 1.73 bits per heavy atom. The van der Waals surface area contributed by atoms with Crippen molar-refractivity contribution in [3.8, 4) is 0 Å². The summed E-state index contributed by atoms with van der Waals surface area (Å²) in [4.78, 5) is 5.34. The van der Waals surface area contributed by atoms with E-state index in [0.717, 1.165) is 12.2 Å². The van der Waals surface area contributed by atoms with Crippen molar-refractivity contribution in [2.45, 2.75) is 13.5 Å². The predicted octanol–water partition coefficient (Wildman–Crippen LogP) is 2.58. The molecule has 1 aliphatic rings. The molecule has 1 aromatic heterocycles. The van der Waals surface area contributed by atoms with Crippen LogP contribution in [0.2, 0.25) is 0 Å². The molecule has 0 amide bonds. The van der Waals surface area contributed by atoms with Crippen LogP contribution in [0.25, 0.3) is 0 Å². The second-order valence-corrected chi connectivity index (χ2v) is 3.77. The van der Waals surface area contributed by atoms with Crippen LogP contribution < -0.4 is 5.32 Å².